The van der Waals surface area contributed by atoms with Gasteiger partial charge in [-0.2, -0.15) is 0 Å². The highest BCUT2D eigenvalue weighted by Crippen LogP contribution is 2.40. The van der Waals surface area contributed by atoms with Crippen LogP contribution in [-0.4, -0.2) is 203 Å². The normalized spacial score (nSPS) is 17.2. The van der Waals surface area contributed by atoms with Crippen molar-refractivity contribution in [2.75, 3.05) is 79.0 Å². The molecule has 0 spiro atoms. The number of sulfonamides is 5. The number of hydrogen-bond donors (Lipinski definition) is 6. The molecule has 0 saturated carbocycles. The van der Waals surface area contributed by atoms with Gasteiger partial charge in [-0.25, -0.2) is 42.1 Å². The molecule has 5 aromatic heterocycles. The van der Waals surface area contributed by atoms with E-state index in [0.717, 1.165) is 114 Å². The Balaban J connectivity index is 0.000000131. The Labute approximate surface area is 849 Å². The van der Waals surface area contributed by atoms with Gasteiger partial charge in [0.15, 0.2) is 0 Å². The quantitative estimate of drug-likeness (QED) is 0.0343. The molecule has 0 amide bonds. The first-order valence-electron chi connectivity index (χ1n) is 42.7. The molecule has 4 saturated heterocycles. The van der Waals surface area contributed by atoms with Gasteiger partial charge in [-0.15, -0.1) is 63.3 Å². The number of piperidine rings is 3. The minimum Gasteiger partial charge on any atom is -0.377 e. The number of fused-ring (bicyclic) bond motifs is 5. The summed E-state index contributed by atoms with van der Waals surface area (Å²) < 4.78 is 143. The molecule has 4 fully saturated rings. The van der Waals surface area contributed by atoms with Gasteiger partial charge >= 0.3 is 0 Å². The number of halogens is 4. The molecule has 0 atom stereocenters. The van der Waals surface area contributed by atoms with Crippen molar-refractivity contribution in [3.05, 3.63) is 328 Å². The van der Waals surface area contributed by atoms with Crippen molar-refractivity contribution in [1.82, 2.24) is 53.4 Å². The summed E-state index contributed by atoms with van der Waals surface area (Å²) in [4.78, 5) is 141. The van der Waals surface area contributed by atoms with Crippen LogP contribution in [0.5, 0.6) is 0 Å². The number of allylic oxidation sites excluding steroid dienone is 10. The van der Waals surface area contributed by atoms with Gasteiger partial charge in [-0.3, -0.25) is 71.6 Å². The van der Waals surface area contributed by atoms with Crippen LogP contribution in [0.2, 0.25) is 0 Å². The molecule has 718 valence electrons. The Morgan fingerprint density at radius 1 is 0.275 bits per heavy atom. The van der Waals surface area contributed by atoms with Crippen LogP contribution in [0.3, 0.4) is 0 Å². The number of nitrogens with one attached hydrogen (secondary N) is 6. The molecule has 10 aromatic rings. The smallest absolute Gasteiger partial charge is 0.271 e. The van der Waals surface area contributed by atoms with Crippen molar-refractivity contribution in [1.29, 1.82) is 0 Å². The fraction of sp³-hybridized carbons (Fsp3) is 0.226. The van der Waals surface area contributed by atoms with Crippen LogP contribution in [0.15, 0.2) is 293 Å². The third-order valence-electron chi connectivity index (χ3n) is 23.0. The number of carbonyl (C=O) groups is 10. The molecule has 0 bridgehead atoms. The first-order chi connectivity index (χ1) is 65.9. The number of nitrogens with zero attached hydrogens (tertiary/aromatic N) is 5. The average Bonchev–Trinajstić information content (AvgIpc) is 0.951. The Kier molecular flexibility index (Phi) is 31.9. The Morgan fingerprint density at radius 2 is 0.500 bits per heavy atom. The van der Waals surface area contributed by atoms with Crippen LogP contribution < -0.4 is 28.9 Å². The van der Waals surface area contributed by atoms with E-state index in [9.17, 15) is 90.0 Å². The van der Waals surface area contributed by atoms with Gasteiger partial charge < -0.3 is 29.8 Å². The van der Waals surface area contributed by atoms with E-state index in [1.54, 1.807) is 150 Å². The van der Waals surface area contributed by atoms with Crippen molar-refractivity contribution >= 4 is 228 Å². The topological polar surface area (TPSA) is 430 Å². The van der Waals surface area contributed by atoms with Crippen LogP contribution in [0.25, 0.3) is 0 Å². The zero-order chi connectivity index (χ0) is 98.5. The summed E-state index contributed by atoms with van der Waals surface area (Å²) in [5.41, 5.74) is 2.10. The van der Waals surface area contributed by atoms with Gasteiger partial charge in [0.05, 0.1) is 15.1 Å². The molecule has 0 radical (unpaired) electrons. The standard InChI is InChI=1S/C19H18BrN3O4S2.3C19H17BrN2O4S2.C17H14N2O4S2/c1-22-8-10-23(11-9-22)17-16(21-29(26,27)15-7-6-14(20)28-15)18(24)12-4-2-3-5-13(12)19(17)25;3*20-14-8-9-15(27-14)28(25,26)21-16-17(22-10-4-1-5-11-22)19(24)13-7-3-2-6-12(13)18(16)23;1-2-9-18-14-15(19-25(22,23)13-8-5-10-24-13)17(21)12-7-4-3-6-11(12)16(14)20/h2-7,21H,8-11H2,1H3;3*2-3,6-9,21H,1,4-5,10-11H2;2-8,10,18-19H,1,9H2. The van der Waals surface area contributed by atoms with Gasteiger partial charge in [0, 0.05) is 128 Å². The molecule has 138 heavy (non-hydrogen) atoms. The number of rotatable bonds is 22. The summed E-state index contributed by atoms with van der Waals surface area (Å²) in [5.74, 6) is -4.21. The number of piperazine rings is 1. The van der Waals surface area contributed by atoms with Crippen molar-refractivity contribution in [3.63, 3.8) is 0 Å². The number of hydrogen-bond acceptors (Lipinski definition) is 31. The van der Waals surface area contributed by atoms with Crippen LogP contribution in [0.4, 0.5) is 0 Å². The predicted molar refractivity (Wildman–Crippen MR) is 538 cm³/mol. The molecule has 5 aromatic carbocycles. The van der Waals surface area contributed by atoms with E-state index in [4.69, 9.17) is 0 Å². The molecule has 19 rings (SSSR count). The van der Waals surface area contributed by atoms with Crippen LogP contribution >= 0.6 is 120 Å². The Bertz CT molecular complexity index is 7020. The lowest BCUT2D eigenvalue weighted by molar-refractivity contribution is 0.0912. The second-order valence-electron chi connectivity index (χ2n) is 32.0. The Morgan fingerprint density at radius 3 is 0.732 bits per heavy atom. The number of ketones is 10. The van der Waals surface area contributed by atoms with E-state index in [-0.39, 0.29) is 141 Å². The second-order valence-corrected chi connectivity index (χ2v) is 52.3. The lowest BCUT2D eigenvalue weighted by atomic mass is 9.89. The minimum atomic E-state index is -4.01. The summed E-state index contributed by atoms with van der Waals surface area (Å²) >= 11 is 18.2. The Hall–Kier alpha value is -10.6. The first kappa shape index (κ1) is 102. The molecular formula is C93H83Br4N11O20S10. The summed E-state index contributed by atoms with van der Waals surface area (Å²) in [5, 5.41) is 4.39. The number of benzene rings is 5. The zero-order valence-corrected chi connectivity index (χ0v) is 87.3. The van der Waals surface area contributed by atoms with Crippen molar-refractivity contribution in [2.24, 2.45) is 0 Å². The molecule has 0 unspecified atom stereocenters. The van der Waals surface area contributed by atoms with Crippen molar-refractivity contribution in [3.8, 4) is 0 Å². The van der Waals surface area contributed by atoms with E-state index in [1.165, 1.54) is 48.5 Å². The molecule has 5 aliphatic carbocycles. The minimum absolute atomic E-state index is 0.0576. The maximum atomic E-state index is 13.3. The SMILES string of the molecule is C=CCNC1=C(NS(=O)(=O)c2cccs2)C(=O)c2ccccc2C1=O.CN1CCN(C2=C(NS(=O)(=O)c3ccc(Br)s3)C(=O)c3ccccc3C2=O)CC1.O=C1C(NS(=O)(=O)c2ccc(Br)s2)=C(N2CCCCC2)C(=O)c2ccccc21.O=C1C(NS(=O)(=O)c2ccc(Br)s2)=C(N2CCCCC2)C(=O)c2ccccc21.O=C1C(NS(=O)(=O)c2ccc(Br)s2)=C(N2CCCCC2)C(=O)c2ccccc21. The van der Waals surface area contributed by atoms with Crippen molar-refractivity contribution < 1.29 is 90.0 Å². The monoisotopic (exact) mass is 2310 g/mol. The highest BCUT2D eigenvalue weighted by Gasteiger charge is 2.45. The lowest BCUT2D eigenvalue weighted by Crippen LogP contribution is -2.48. The third-order valence-corrected chi connectivity index (χ3v) is 39.6. The number of Topliss-reactive ketones (excluding diaryl/α,β-unsaturated/α-hetero) is 10. The zero-order valence-electron chi connectivity index (χ0n) is 72.8. The molecule has 45 heteroatoms. The average molecular weight is 2320 g/mol. The third kappa shape index (κ3) is 22.1. The van der Waals surface area contributed by atoms with Crippen LogP contribution in [0, 0.1) is 0 Å². The maximum absolute atomic E-state index is 13.3. The summed E-state index contributed by atoms with van der Waals surface area (Å²) in [6.45, 7) is 9.96. The fourth-order valence-electron chi connectivity index (χ4n) is 16.3. The van der Waals surface area contributed by atoms with Gasteiger partial charge in [0.1, 0.15) is 78.0 Å². The fourth-order valence-corrected chi connectivity index (χ4v) is 30.7. The second kappa shape index (κ2) is 43.2. The van der Waals surface area contributed by atoms with Gasteiger partial charge in [0.25, 0.3) is 50.1 Å². The molecular weight excluding hydrogens is 2230 g/mol. The molecule has 4 aliphatic heterocycles. The number of thiophene rings is 5. The van der Waals surface area contributed by atoms with E-state index in [1.807, 2.05) is 21.7 Å². The summed E-state index contributed by atoms with van der Waals surface area (Å²) in [6, 6.07) is 47.8. The largest absolute Gasteiger partial charge is 0.377 e. The van der Waals surface area contributed by atoms with Gasteiger partial charge in [-0.05, 0) is 189 Å². The predicted octanol–water partition coefficient (Wildman–Crippen LogP) is 15.1. The van der Waals surface area contributed by atoms with Crippen molar-refractivity contribution in [2.45, 2.75) is 78.8 Å². The molecule has 9 aliphatic rings. The first-order valence-corrected chi connectivity index (χ1v) is 57.5. The van der Waals surface area contributed by atoms with E-state index in [2.05, 4.69) is 104 Å². The van der Waals surface area contributed by atoms with Crippen LogP contribution in [0.1, 0.15) is 161 Å². The van der Waals surface area contributed by atoms with Gasteiger partial charge in [-0.1, -0.05) is 133 Å². The van der Waals surface area contributed by atoms with E-state index < -0.39 is 84.8 Å². The summed E-state index contributed by atoms with van der Waals surface area (Å²) in [6.07, 6.45) is 10.0. The van der Waals surface area contributed by atoms with E-state index in [0.29, 0.717) is 103 Å². The van der Waals surface area contributed by atoms with Gasteiger partial charge in [0.2, 0.25) is 57.8 Å². The number of likely N-dealkylation sites (N-methyl/N-ethyl adjacent to an activating group) is 1. The molecule has 9 heterocycles. The lowest BCUT2D eigenvalue weighted by Gasteiger charge is -2.37. The highest BCUT2D eigenvalue weighted by molar-refractivity contribution is 9.11. The molecule has 31 nitrogen and oxygen atoms in total. The number of likely N-dealkylation sites (tertiary alicyclic amines) is 3. The van der Waals surface area contributed by atoms with Crippen LogP contribution in [-0.2, 0) is 50.1 Å². The van der Waals surface area contributed by atoms with E-state index >= 15 is 0 Å². The highest BCUT2D eigenvalue weighted by atomic mass is 79.9. The maximum Gasteiger partial charge on any atom is 0.271 e. The summed E-state index contributed by atoms with van der Waals surface area (Å²) in [7, 11) is -18.0. The molecule has 6 N–H and O–H groups in total. The number of carbonyl (C=O) groups excluding carboxylic acids is 10.